The fraction of sp³-hybridized carbons (Fsp3) is 0.350. The summed E-state index contributed by atoms with van der Waals surface area (Å²) >= 11 is 0. The molecular weight excluding hydrogens is 365 g/mol. The summed E-state index contributed by atoms with van der Waals surface area (Å²) in [7, 11) is -0.690. The van der Waals surface area contributed by atoms with Crippen molar-refractivity contribution in [1.29, 1.82) is 0 Å². The number of carbonyl (C=O) groups is 1. The Hall–Kier alpha value is -2.45. The molecule has 8 heteroatoms. The van der Waals surface area contributed by atoms with Gasteiger partial charge in [0.2, 0.25) is 0 Å². The van der Waals surface area contributed by atoms with Gasteiger partial charge in [-0.25, -0.2) is 13.6 Å². The Labute approximate surface area is 163 Å². The average molecular weight is 388 g/mol. The molecule has 2 amide bonds. The summed E-state index contributed by atoms with van der Waals surface area (Å²) in [6.07, 6.45) is 0. The number of anilines is 2. The highest BCUT2D eigenvalue weighted by Gasteiger charge is 2.51. The van der Waals surface area contributed by atoms with Gasteiger partial charge in [0.25, 0.3) is 0 Å². The maximum Gasteiger partial charge on any atom is 0.494 e. The van der Waals surface area contributed by atoms with Crippen LogP contribution in [0.1, 0.15) is 33.3 Å². The number of halogens is 2. The van der Waals surface area contributed by atoms with Crippen LogP contribution in [0.25, 0.3) is 0 Å². The highest BCUT2D eigenvalue weighted by atomic mass is 19.1. The minimum Gasteiger partial charge on any atom is -0.399 e. The molecule has 28 heavy (non-hydrogen) atoms. The Morgan fingerprint density at radius 1 is 0.929 bits per heavy atom. The van der Waals surface area contributed by atoms with E-state index in [9.17, 15) is 13.6 Å². The van der Waals surface area contributed by atoms with Gasteiger partial charge in [-0.15, -0.1) is 0 Å². The zero-order chi connectivity index (χ0) is 20.7. The molecule has 3 rings (SSSR count). The largest absolute Gasteiger partial charge is 0.494 e. The highest BCUT2D eigenvalue weighted by molar-refractivity contribution is 6.62. The third-order valence-corrected chi connectivity index (χ3v) is 5.18. The second-order valence-corrected chi connectivity index (χ2v) is 7.87. The Morgan fingerprint density at radius 2 is 1.57 bits per heavy atom. The fourth-order valence-corrected chi connectivity index (χ4v) is 2.77. The molecule has 1 saturated heterocycles. The number of benzene rings is 2. The van der Waals surface area contributed by atoms with Crippen molar-refractivity contribution in [1.82, 2.24) is 0 Å². The summed E-state index contributed by atoms with van der Waals surface area (Å²) in [5, 5.41) is 4.99. The first-order valence-electron chi connectivity index (χ1n) is 8.98. The van der Waals surface area contributed by atoms with Crippen LogP contribution in [0.3, 0.4) is 0 Å². The third-order valence-electron chi connectivity index (χ3n) is 5.18. The van der Waals surface area contributed by atoms with E-state index in [0.29, 0.717) is 16.7 Å². The lowest BCUT2D eigenvalue weighted by atomic mass is 9.79. The Kier molecular flexibility index (Phi) is 5.21. The highest BCUT2D eigenvalue weighted by Crippen LogP contribution is 2.36. The predicted octanol–water partition coefficient (Wildman–Crippen LogP) is 4.22. The molecule has 0 bridgehead atoms. The summed E-state index contributed by atoms with van der Waals surface area (Å²) < 4.78 is 39.6. The molecule has 0 saturated carbocycles. The molecule has 0 unspecified atom stereocenters. The van der Waals surface area contributed by atoms with E-state index in [1.165, 1.54) is 30.3 Å². The molecule has 0 radical (unpaired) electrons. The van der Waals surface area contributed by atoms with Crippen molar-refractivity contribution in [3.05, 3.63) is 53.6 Å². The van der Waals surface area contributed by atoms with Gasteiger partial charge in [-0.2, -0.15) is 0 Å². The molecule has 1 heterocycles. The van der Waals surface area contributed by atoms with E-state index < -0.39 is 30.2 Å². The first-order chi connectivity index (χ1) is 13.0. The molecule has 0 spiro atoms. The third kappa shape index (κ3) is 4.03. The van der Waals surface area contributed by atoms with Crippen LogP contribution in [0, 0.1) is 18.6 Å². The lowest BCUT2D eigenvalue weighted by Gasteiger charge is -2.32. The van der Waals surface area contributed by atoms with Crippen molar-refractivity contribution >= 4 is 30.0 Å². The van der Waals surface area contributed by atoms with Gasteiger partial charge in [-0.3, -0.25) is 0 Å². The molecule has 5 nitrogen and oxygen atoms in total. The topological polar surface area (TPSA) is 59.6 Å². The maximum atomic E-state index is 14.5. The van der Waals surface area contributed by atoms with E-state index in [-0.39, 0.29) is 11.5 Å². The molecule has 2 N–H and O–H groups in total. The molecule has 148 valence electrons. The standard InChI is InChI=1S/C20H23BF2N2O3/c1-12-10-14(7-8-15(12)22)24-18(26)25-17-9-6-13(11-16(17)23)21-27-19(2,3)20(4,5)28-21/h6-11H,1-5H3,(H2,24,25,26). The minimum absolute atomic E-state index is 0.0107. The van der Waals surface area contributed by atoms with Gasteiger partial charge in [0.1, 0.15) is 11.6 Å². The van der Waals surface area contributed by atoms with E-state index in [2.05, 4.69) is 10.6 Å². The Bertz CT molecular complexity index is 902. The smallest absolute Gasteiger partial charge is 0.399 e. The zero-order valence-electron chi connectivity index (χ0n) is 16.5. The number of hydrogen-bond acceptors (Lipinski definition) is 3. The minimum atomic E-state index is -0.690. The summed E-state index contributed by atoms with van der Waals surface area (Å²) in [5.74, 6) is -0.979. The number of urea groups is 1. The quantitative estimate of drug-likeness (QED) is 0.775. The van der Waals surface area contributed by atoms with Crippen LogP contribution in [-0.4, -0.2) is 24.4 Å². The number of nitrogens with one attached hydrogen (secondary N) is 2. The predicted molar refractivity (Wildman–Crippen MR) is 106 cm³/mol. The Morgan fingerprint density at radius 3 is 2.14 bits per heavy atom. The van der Waals surface area contributed by atoms with Crippen molar-refractivity contribution in [3.63, 3.8) is 0 Å². The second kappa shape index (κ2) is 7.18. The van der Waals surface area contributed by atoms with E-state index >= 15 is 0 Å². The number of aryl methyl sites for hydroxylation is 1. The second-order valence-electron chi connectivity index (χ2n) is 7.87. The van der Waals surface area contributed by atoms with Crippen LogP contribution in [0.4, 0.5) is 25.0 Å². The van der Waals surface area contributed by atoms with Crippen LogP contribution < -0.4 is 16.1 Å². The van der Waals surface area contributed by atoms with Gasteiger partial charge in [0.05, 0.1) is 16.9 Å². The van der Waals surface area contributed by atoms with Gasteiger partial charge >= 0.3 is 13.1 Å². The monoisotopic (exact) mass is 388 g/mol. The molecule has 1 aliphatic rings. The Balaban J connectivity index is 1.69. The van der Waals surface area contributed by atoms with Crippen molar-refractivity contribution in [2.75, 3.05) is 10.6 Å². The van der Waals surface area contributed by atoms with Gasteiger partial charge in [-0.1, -0.05) is 6.07 Å². The molecule has 0 atom stereocenters. The summed E-state index contributed by atoms with van der Waals surface area (Å²) in [5.41, 5.74) is 0.283. The van der Waals surface area contributed by atoms with Crippen LogP contribution >= 0.6 is 0 Å². The first kappa shape index (κ1) is 20.3. The van der Waals surface area contributed by atoms with Crippen molar-refractivity contribution in [2.24, 2.45) is 0 Å². The zero-order valence-corrected chi connectivity index (χ0v) is 16.5. The van der Waals surface area contributed by atoms with E-state index in [0.717, 1.165) is 0 Å². The van der Waals surface area contributed by atoms with Gasteiger partial charge in [0, 0.05) is 5.69 Å². The van der Waals surface area contributed by atoms with Crippen molar-refractivity contribution in [2.45, 2.75) is 45.8 Å². The molecule has 1 fully saturated rings. The lowest BCUT2D eigenvalue weighted by molar-refractivity contribution is 0.00578. The van der Waals surface area contributed by atoms with Gasteiger partial charge in [0.15, 0.2) is 0 Å². The lowest BCUT2D eigenvalue weighted by Crippen LogP contribution is -2.41. The summed E-state index contributed by atoms with van der Waals surface area (Å²) in [4.78, 5) is 12.1. The number of hydrogen-bond donors (Lipinski definition) is 2. The average Bonchev–Trinajstić information content (AvgIpc) is 2.81. The van der Waals surface area contributed by atoms with Crippen LogP contribution in [0.15, 0.2) is 36.4 Å². The molecule has 2 aromatic rings. The van der Waals surface area contributed by atoms with Gasteiger partial charge < -0.3 is 19.9 Å². The van der Waals surface area contributed by atoms with Crippen LogP contribution in [0.2, 0.25) is 0 Å². The summed E-state index contributed by atoms with van der Waals surface area (Å²) in [6, 6.07) is 7.92. The molecule has 1 aliphatic heterocycles. The van der Waals surface area contributed by atoms with E-state index in [4.69, 9.17) is 9.31 Å². The maximum absolute atomic E-state index is 14.5. The number of amides is 2. The SMILES string of the molecule is Cc1cc(NC(=O)Nc2ccc(B3OC(C)(C)C(C)(C)O3)cc2F)ccc1F. The number of carbonyl (C=O) groups excluding carboxylic acids is 1. The van der Waals surface area contributed by atoms with Gasteiger partial charge in [-0.05, 0) is 76.0 Å². The van der Waals surface area contributed by atoms with Crippen LogP contribution in [-0.2, 0) is 9.31 Å². The van der Waals surface area contributed by atoms with Crippen molar-refractivity contribution < 1.29 is 22.9 Å². The molecular formula is C20H23BF2N2O3. The van der Waals surface area contributed by atoms with E-state index in [1.54, 1.807) is 13.0 Å². The van der Waals surface area contributed by atoms with Crippen LogP contribution in [0.5, 0.6) is 0 Å². The fourth-order valence-electron chi connectivity index (χ4n) is 2.77. The van der Waals surface area contributed by atoms with Crippen molar-refractivity contribution in [3.8, 4) is 0 Å². The molecule has 2 aromatic carbocycles. The molecule has 0 aromatic heterocycles. The van der Waals surface area contributed by atoms with E-state index in [1.807, 2.05) is 27.7 Å². The first-order valence-corrected chi connectivity index (χ1v) is 8.98. The summed E-state index contributed by atoms with van der Waals surface area (Å²) in [6.45, 7) is 9.26. The normalized spacial score (nSPS) is 17.5. The molecule has 0 aliphatic carbocycles. The number of rotatable bonds is 3.